The molecule has 0 aliphatic carbocycles. The maximum Gasteiger partial charge on any atom is 0.122 e. The summed E-state index contributed by atoms with van der Waals surface area (Å²) >= 11 is 0. The van der Waals surface area contributed by atoms with Gasteiger partial charge in [0, 0.05) is 6.04 Å². The van der Waals surface area contributed by atoms with Gasteiger partial charge in [0.1, 0.15) is 12.4 Å². The van der Waals surface area contributed by atoms with E-state index in [1.54, 1.807) is 0 Å². The first-order valence-corrected chi connectivity index (χ1v) is 5.57. The maximum absolute atomic E-state index is 5.77. The molecule has 2 nitrogen and oxygen atoms in total. The molecule has 0 amide bonds. The predicted molar refractivity (Wildman–Crippen MR) is 64.5 cm³/mol. The molecule has 2 heteroatoms. The molecule has 0 aliphatic rings. The zero-order chi connectivity index (χ0) is 11.3. The Morgan fingerprint density at radius 3 is 2.73 bits per heavy atom. The smallest absolute Gasteiger partial charge is 0.122 e. The first-order chi connectivity index (χ1) is 7.13. The standard InChI is InChI=1S/C13H21NO/c1-5-14-12(4)9-15-13-8-10(2)6-7-11(13)3/h6-8,12,14H,5,9H2,1-4H3/t12-/m1/s1. The number of ether oxygens (including phenoxy) is 1. The summed E-state index contributed by atoms with van der Waals surface area (Å²) in [5.74, 6) is 1.000. The minimum atomic E-state index is 0.398. The van der Waals surface area contributed by atoms with Gasteiger partial charge in [0.2, 0.25) is 0 Å². The Morgan fingerprint density at radius 2 is 2.07 bits per heavy atom. The fraction of sp³-hybridized carbons (Fsp3) is 0.538. The van der Waals surface area contributed by atoms with Gasteiger partial charge >= 0.3 is 0 Å². The van der Waals surface area contributed by atoms with E-state index in [2.05, 4.69) is 51.2 Å². The minimum Gasteiger partial charge on any atom is -0.492 e. The topological polar surface area (TPSA) is 21.3 Å². The summed E-state index contributed by atoms with van der Waals surface area (Å²) in [4.78, 5) is 0. The monoisotopic (exact) mass is 207 g/mol. The van der Waals surface area contributed by atoms with Gasteiger partial charge in [0.05, 0.1) is 0 Å². The number of hydrogen-bond donors (Lipinski definition) is 1. The fourth-order valence-corrected chi connectivity index (χ4v) is 1.48. The largest absolute Gasteiger partial charge is 0.492 e. The molecule has 0 aromatic heterocycles. The van der Waals surface area contributed by atoms with Crippen LogP contribution in [0.25, 0.3) is 0 Å². The van der Waals surface area contributed by atoms with Crippen molar-refractivity contribution in [1.82, 2.24) is 5.32 Å². The second kappa shape index (κ2) is 5.76. The van der Waals surface area contributed by atoms with Crippen molar-refractivity contribution in [2.45, 2.75) is 33.7 Å². The highest BCUT2D eigenvalue weighted by molar-refractivity contribution is 5.35. The Labute approximate surface area is 92.6 Å². The lowest BCUT2D eigenvalue weighted by Gasteiger charge is -2.15. The summed E-state index contributed by atoms with van der Waals surface area (Å²) in [6.45, 7) is 10.1. The van der Waals surface area contributed by atoms with E-state index in [0.29, 0.717) is 6.04 Å². The average Bonchev–Trinajstić information content (AvgIpc) is 2.20. The molecule has 0 spiro atoms. The molecule has 0 radical (unpaired) electrons. The van der Waals surface area contributed by atoms with Gasteiger partial charge in [-0.3, -0.25) is 0 Å². The summed E-state index contributed by atoms with van der Waals surface area (Å²) in [7, 11) is 0. The van der Waals surface area contributed by atoms with Gasteiger partial charge < -0.3 is 10.1 Å². The van der Waals surface area contributed by atoms with Gasteiger partial charge in [-0.05, 0) is 44.5 Å². The summed E-state index contributed by atoms with van der Waals surface area (Å²) in [6, 6.07) is 6.70. The van der Waals surface area contributed by atoms with Crippen LogP contribution in [0.1, 0.15) is 25.0 Å². The third-order valence-corrected chi connectivity index (χ3v) is 2.39. The summed E-state index contributed by atoms with van der Waals surface area (Å²) in [5, 5.41) is 3.32. The molecular weight excluding hydrogens is 186 g/mol. The Hall–Kier alpha value is -1.02. The first-order valence-electron chi connectivity index (χ1n) is 5.57. The molecule has 1 N–H and O–H groups in total. The molecular formula is C13H21NO. The van der Waals surface area contributed by atoms with E-state index in [4.69, 9.17) is 4.74 Å². The number of likely N-dealkylation sites (N-methyl/N-ethyl adjacent to an activating group) is 1. The van der Waals surface area contributed by atoms with Crippen LogP contribution in [0.4, 0.5) is 0 Å². The van der Waals surface area contributed by atoms with Crippen molar-refractivity contribution in [3.63, 3.8) is 0 Å². The van der Waals surface area contributed by atoms with Crippen molar-refractivity contribution < 1.29 is 4.74 Å². The predicted octanol–water partition coefficient (Wildman–Crippen LogP) is 2.68. The molecule has 1 aromatic rings. The van der Waals surface area contributed by atoms with Gasteiger partial charge in [-0.25, -0.2) is 0 Å². The van der Waals surface area contributed by atoms with E-state index < -0.39 is 0 Å². The molecule has 1 aromatic carbocycles. The number of benzene rings is 1. The molecule has 0 unspecified atom stereocenters. The molecule has 1 atom stereocenters. The van der Waals surface area contributed by atoms with Crippen LogP contribution in [0.5, 0.6) is 5.75 Å². The van der Waals surface area contributed by atoms with E-state index in [1.807, 2.05) is 0 Å². The van der Waals surface area contributed by atoms with Crippen LogP contribution in [-0.4, -0.2) is 19.2 Å². The van der Waals surface area contributed by atoms with Gasteiger partial charge in [-0.15, -0.1) is 0 Å². The molecule has 0 fully saturated rings. The average molecular weight is 207 g/mol. The summed E-state index contributed by atoms with van der Waals surface area (Å²) in [6.07, 6.45) is 0. The van der Waals surface area contributed by atoms with E-state index in [1.165, 1.54) is 11.1 Å². The summed E-state index contributed by atoms with van der Waals surface area (Å²) in [5.41, 5.74) is 2.44. The van der Waals surface area contributed by atoms with E-state index in [-0.39, 0.29) is 0 Å². The zero-order valence-electron chi connectivity index (χ0n) is 10.1. The quantitative estimate of drug-likeness (QED) is 0.801. The maximum atomic E-state index is 5.77. The third kappa shape index (κ3) is 3.92. The van der Waals surface area contributed by atoms with Crippen LogP contribution >= 0.6 is 0 Å². The van der Waals surface area contributed by atoms with Crippen LogP contribution < -0.4 is 10.1 Å². The van der Waals surface area contributed by atoms with Gasteiger partial charge in [-0.2, -0.15) is 0 Å². The lowest BCUT2D eigenvalue weighted by Crippen LogP contribution is -2.31. The number of nitrogens with one attached hydrogen (secondary N) is 1. The molecule has 15 heavy (non-hydrogen) atoms. The van der Waals surface area contributed by atoms with Gasteiger partial charge in [0.15, 0.2) is 0 Å². The second-order valence-corrected chi connectivity index (χ2v) is 4.04. The second-order valence-electron chi connectivity index (χ2n) is 4.04. The molecule has 0 bridgehead atoms. The number of rotatable bonds is 5. The Morgan fingerprint density at radius 1 is 1.33 bits per heavy atom. The molecule has 0 aliphatic heterocycles. The number of aryl methyl sites for hydroxylation is 2. The van der Waals surface area contributed by atoms with Crippen LogP contribution in [0.3, 0.4) is 0 Å². The normalized spacial score (nSPS) is 12.5. The highest BCUT2D eigenvalue weighted by Crippen LogP contribution is 2.19. The molecule has 0 saturated heterocycles. The van der Waals surface area contributed by atoms with Crippen molar-refractivity contribution in [2.75, 3.05) is 13.2 Å². The van der Waals surface area contributed by atoms with Crippen molar-refractivity contribution in [3.8, 4) is 5.75 Å². The first kappa shape index (κ1) is 12.1. The highest BCUT2D eigenvalue weighted by atomic mass is 16.5. The van der Waals surface area contributed by atoms with Crippen molar-refractivity contribution in [2.24, 2.45) is 0 Å². The van der Waals surface area contributed by atoms with Crippen molar-refractivity contribution in [1.29, 1.82) is 0 Å². The van der Waals surface area contributed by atoms with E-state index in [9.17, 15) is 0 Å². The van der Waals surface area contributed by atoms with E-state index in [0.717, 1.165) is 18.9 Å². The van der Waals surface area contributed by atoms with Crippen molar-refractivity contribution in [3.05, 3.63) is 29.3 Å². The molecule has 84 valence electrons. The highest BCUT2D eigenvalue weighted by Gasteiger charge is 2.03. The SMILES string of the molecule is CCN[C@H](C)COc1cc(C)ccc1C. The van der Waals surface area contributed by atoms with Crippen LogP contribution in [0.15, 0.2) is 18.2 Å². The Balaban J connectivity index is 2.53. The van der Waals surface area contributed by atoms with Gasteiger partial charge in [0.25, 0.3) is 0 Å². The Bertz CT molecular complexity index is 309. The Kier molecular flexibility index (Phi) is 4.63. The molecule has 0 saturated carbocycles. The van der Waals surface area contributed by atoms with E-state index >= 15 is 0 Å². The molecule has 0 heterocycles. The van der Waals surface area contributed by atoms with Crippen LogP contribution in [0.2, 0.25) is 0 Å². The van der Waals surface area contributed by atoms with Crippen LogP contribution in [0, 0.1) is 13.8 Å². The van der Waals surface area contributed by atoms with Crippen molar-refractivity contribution >= 4 is 0 Å². The number of hydrogen-bond acceptors (Lipinski definition) is 2. The lowest BCUT2D eigenvalue weighted by molar-refractivity contribution is 0.273. The minimum absolute atomic E-state index is 0.398. The van der Waals surface area contributed by atoms with Gasteiger partial charge in [-0.1, -0.05) is 19.1 Å². The fourth-order valence-electron chi connectivity index (χ4n) is 1.48. The molecule has 1 rings (SSSR count). The third-order valence-electron chi connectivity index (χ3n) is 2.39. The lowest BCUT2D eigenvalue weighted by atomic mass is 10.1. The summed E-state index contributed by atoms with van der Waals surface area (Å²) < 4.78 is 5.77. The zero-order valence-corrected chi connectivity index (χ0v) is 10.1. The van der Waals surface area contributed by atoms with Crippen LogP contribution in [-0.2, 0) is 0 Å².